The Bertz CT molecular complexity index is 621. The zero-order chi connectivity index (χ0) is 12.4. The van der Waals surface area contributed by atoms with E-state index in [0.717, 1.165) is 0 Å². The molecular weight excluding hydrogens is 243 g/mol. The molecule has 6 heteroatoms. The summed E-state index contributed by atoms with van der Waals surface area (Å²) in [5.41, 5.74) is 6.18. The van der Waals surface area contributed by atoms with E-state index in [1.165, 1.54) is 24.3 Å². The van der Waals surface area contributed by atoms with E-state index >= 15 is 0 Å². The van der Waals surface area contributed by atoms with Gasteiger partial charge in [0.15, 0.2) is 5.82 Å². The summed E-state index contributed by atoms with van der Waals surface area (Å²) in [5, 5.41) is 8.72. The van der Waals surface area contributed by atoms with E-state index in [9.17, 15) is 4.39 Å². The van der Waals surface area contributed by atoms with E-state index in [1.54, 1.807) is 0 Å². The van der Waals surface area contributed by atoms with Gasteiger partial charge in [0.2, 0.25) is 0 Å². The van der Waals surface area contributed by atoms with E-state index in [4.69, 9.17) is 22.6 Å². The predicted octanol–water partition coefficient (Wildman–Crippen LogP) is 2.39. The van der Waals surface area contributed by atoms with Gasteiger partial charge in [-0.05, 0) is 18.2 Å². The molecule has 0 spiro atoms. The minimum absolute atomic E-state index is 0.0352. The second-order valence-corrected chi connectivity index (χ2v) is 3.65. The number of halogens is 2. The number of anilines is 1. The highest BCUT2D eigenvalue weighted by atomic mass is 35.5. The molecule has 4 nitrogen and oxygen atoms in total. The van der Waals surface area contributed by atoms with Crippen molar-refractivity contribution in [2.45, 2.75) is 0 Å². The summed E-state index contributed by atoms with van der Waals surface area (Å²) in [6.45, 7) is 0. The van der Waals surface area contributed by atoms with Gasteiger partial charge in [-0.1, -0.05) is 11.6 Å². The SMILES string of the molecule is N#Cc1cc(N)nc(-c2ccc(F)c(Cl)c2)n1. The van der Waals surface area contributed by atoms with Gasteiger partial charge in [-0.2, -0.15) is 5.26 Å². The summed E-state index contributed by atoms with van der Waals surface area (Å²) >= 11 is 5.65. The quantitative estimate of drug-likeness (QED) is 0.841. The highest BCUT2D eigenvalue weighted by Gasteiger charge is 2.07. The van der Waals surface area contributed by atoms with Gasteiger partial charge in [-0.25, -0.2) is 14.4 Å². The molecule has 2 rings (SSSR count). The fraction of sp³-hybridized carbons (Fsp3) is 0. The number of nitrogens with two attached hydrogens (primary N) is 1. The molecule has 17 heavy (non-hydrogen) atoms. The molecule has 0 aliphatic heterocycles. The maximum absolute atomic E-state index is 13.0. The van der Waals surface area contributed by atoms with Crippen LogP contribution in [0.5, 0.6) is 0 Å². The van der Waals surface area contributed by atoms with Gasteiger partial charge >= 0.3 is 0 Å². The average Bonchev–Trinajstić information content (AvgIpc) is 2.32. The Hall–Kier alpha value is -2.19. The van der Waals surface area contributed by atoms with Crippen LogP contribution >= 0.6 is 11.6 Å². The molecule has 0 amide bonds. The molecule has 0 aliphatic carbocycles. The normalized spacial score (nSPS) is 9.94. The van der Waals surface area contributed by atoms with Crippen molar-refractivity contribution in [1.29, 1.82) is 5.26 Å². The molecule has 0 saturated heterocycles. The van der Waals surface area contributed by atoms with E-state index in [1.807, 2.05) is 6.07 Å². The lowest BCUT2D eigenvalue weighted by Gasteiger charge is -2.03. The van der Waals surface area contributed by atoms with Crippen molar-refractivity contribution in [3.8, 4) is 17.5 Å². The Morgan fingerprint density at radius 2 is 2.06 bits per heavy atom. The first-order valence-electron chi connectivity index (χ1n) is 4.60. The maximum atomic E-state index is 13.0. The topological polar surface area (TPSA) is 75.6 Å². The second-order valence-electron chi connectivity index (χ2n) is 3.24. The van der Waals surface area contributed by atoms with Crippen LogP contribution in [0.1, 0.15) is 5.69 Å². The van der Waals surface area contributed by atoms with Crippen molar-refractivity contribution >= 4 is 17.4 Å². The van der Waals surface area contributed by atoms with Crippen LogP contribution in [0.15, 0.2) is 24.3 Å². The molecule has 0 unspecified atom stereocenters. The first-order valence-corrected chi connectivity index (χ1v) is 4.98. The zero-order valence-corrected chi connectivity index (χ0v) is 9.24. The molecule has 2 N–H and O–H groups in total. The largest absolute Gasteiger partial charge is 0.384 e. The monoisotopic (exact) mass is 248 g/mol. The summed E-state index contributed by atoms with van der Waals surface area (Å²) in [6.07, 6.45) is 0. The minimum atomic E-state index is -0.528. The van der Waals surface area contributed by atoms with Crippen LogP contribution in [0.2, 0.25) is 5.02 Å². The van der Waals surface area contributed by atoms with Crippen molar-refractivity contribution in [1.82, 2.24) is 9.97 Å². The number of rotatable bonds is 1. The Balaban J connectivity index is 2.56. The number of benzene rings is 1. The molecule has 2 aromatic rings. The van der Waals surface area contributed by atoms with Gasteiger partial charge in [0.25, 0.3) is 0 Å². The molecule has 0 atom stereocenters. The van der Waals surface area contributed by atoms with E-state index < -0.39 is 5.82 Å². The Morgan fingerprint density at radius 3 is 2.71 bits per heavy atom. The zero-order valence-electron chi connectivity index (χ0n) is 8.48. The fourth-order valence-electron chi connectivity index (χ4n) is 1.29. The average molecular weight is 249 g/mol. The number of hydrogen-bond acceptors (Lipinski definition) is 4. The van der Waals surface area contributed by atoms with Gasteiger partial charge in [-0.15, -0.1) is 0 Å². The van der Waals surface area contributed by atoms with Crippen LogP contribution in [0.4, 0.5) is 10.2 Å². The third-order valence-corrected chi connectivity index (χ3v) is 2.33. The second kappa shape index (κ2) is 4.36. The number of nitrogens with zero attached hydrogens (tertiary/aromatic N) is 3. The minimum Gasteiger partial charge on any atom is -0.384 e. The molecule has 0 bridgehead atoms. The third-order valence-electron chi connectivity index (χ3n) is 2.04. The fourth-order valence-corrected chi connectivity index (χ4v) is 1.47. The highest BCUT2D eigenvalue weighted by Crippen LogP contribution is 2.23. The van der Waals surface area contributed by atoms with Crippen molar-refractivity contribution < 1.29 is 4.39 Å². The van der Waals surface area contributed by atoms with E-state index in [0.29, 0.717) is 5.56 Å². The molecule has 84 valence electrons. The van der Waals surface area contributed by atoms with Crippen molar-refractivity contribution in [2.75, 3.05) is 5.73 Å². The lowest BCUT2D eigenvalue weighted by Crippen LogP contribution is -1.98. The Morgan fingerprint density at radius 1 is 1.29 bits per heavy atom. The summed E-state index contributed by atoms with van der Waals surface area (Å²) < 4.78 is 13.0. The number of nitrogen functional groups attached to an aromatic ring is 1. The standard InChI is InChI=1S/C11H6ClFN4/c12-8-3-6(1-2-9(8)13)11-16-7(5-14)4-10(15)17-11/h1-4H,(H2,15,16,17). The Labute approximate surface area is 101 Å². The van der Waals surface area contributed by atoms with Crippen LogP contribution in [-0.4, -0.2) is 9.97 Å². The van der Waals surface area contributed by atoms with Crippen molar-refractivity contribution in [3.05, 3.63) is 40.8 Å². The van der Waals surface area contributed by atoms with Crippen molar-refractivity contribution in [2.24, 2.45) is 0 Å². The van der Waals surface area contributed by atoms with Gasteiger partial charge in [-0.3, -0.25) is 0 Å². The maximum Gasteiger partial charge on any atom is 0.163 e. The van der Waals surface area contributed by atoms with Crippen LogP contribution in [0.3, 0.4) is 0 Å². The predicted molar refractivity (Wildman–Crippen MR) is 61.6 cm³/mol. The van der Waals surface area contributed by atoms with Gasteiger partial charge in [0, 0.05) is 11.6 Å². The number of aromatic nitrogens is 2. The summed E-state index contributed by atoms with van der Waals surface area (Å²) in [7, 11) is 0. The number of nitriles is 1. The molecule has 0 saturated carbocycles. The lowest BCUT2D eigenvalue weighted by molar-refractivity contribution is 0.628. The summed E-state index contributed by atoms with van der Waals surface area (Å²) in [5.74, 6) is -0.115. The molecule has 0 aliphatic rings. The lowest BCUT2D eigenvalue weighted by atomic mass is 10.2. The van der Waals surface area contributed by atoms with Gasteiger partial charge < -0.3 is 5.73 Å². The summed E-state index contributed by atoms with van der Waals surface area (Å²) in [6, 6.07) is 7.28. The summed E-state index contributed by atoms with van der Waals surface area (Å²) in [4.78, 5) is 7.92. The number of hydrogen-bond donors (Lipinski definition) is 1. The van der Waals surface area contributed by atoms with E-state index in [2.05, 4.69) is 9.97 Å². The first-order chi connectivity index (χ1) is 8.10. The molecular formula is C11H6ClFN4. The van der Waals surface area contributed by atoms with Gasteiger partial charge in [0.05, 0.1) is 5.02 Å². The van der Waals surface area contributed by atoms with E-state index in [-0.39, 0.29) is 22.4 Å². The van der Waals surface area contributed by atoms with Crippen LogP contribution < -0.4 is 5.73 Å². The molecule has 1 aromatic heterocycles. The van der Waals surface area contributed by atoms with Crippen LogP contribution in [-0.2, 0) is 0 Å². The smallest absolute Gasteiger partial charge is 0.163 e. The van der Waals surface area contributed by atoms with Crippen LogP contribution in [0, 0.1) is 17.1 Å². The van der Waals surface area contributed by atoms with Crippen LogP contribution in [0.25, 0.3) is 11.4 Å². The van der Waals surface area contributed by atoms with Crippen molar-refractivity contribution in [3.63, 3.8) is 0 Å². The highest BCUT2D eigenvalue weighted by molar-refractivity contribution is 6.31. The molecule has 0 fully saturated rings. The molecule has 1 aromatic carbocycles. The molecule has 1 heterocycles. The third kappa shape index (κ3) is 2.32. The first kappa shape index (κ1) is 11.3. The Kier molecular flexibility index (Phi) is 2.90. The van der Waals surface area contributed by atoms with Gasteiger partial charge in [0.1, 0.15) is 23.4 Å². The molecule has 0 radical (unpaired) electrons.